The lowest BCUT2D eigenvalue weighted by Gasteiger charge is -2.29. The highest BCUT2D eigenvalue weighted by Crippen LogP contribution is 2.69. The second-order valence-corrected chi connectivity index (χ2v) is 42.0. The van der Waals surface area contributed by atoms with Crippen molar-refractivity contribution < 1.29 is 74.1 Å². The van der Waals surface area contributed by atoms with Crippen molar-refractivity contribution in [3.63, 3.8) is 0 Å². The van der Waals surface area contributed by atoms with Gasteiger partial charge >= 0.3 is 22.8 Å². The lowest BCUT2D eigenvalue weighted by molar-refractivity contribution is -0.0540. The first-order valence-corrected chi connectivity index (χ1v) is 51.1. The van der Waals surface area contributed by atoms with Crippen molar-refractivity contribution >= 4 is 34.1 Å². The average Bonchev–Trinajstić information content (AvgIpc) is 1.59. The molecule has 4 aromatic heterocycles. The van der Waals surface area contributed by atoms with Crippen LogP contribution in [0.2, 0.25) is 0 Å². The van der Waals surface area contributed by atoms with Gasteiger partial charge in [0.05, 0.1) is 48.6 Å². The molecule has 0 aliphatic carbocycles. The van der Waals surface area contributed by atoms with Gasteiger partial charge in [0.25, 0.3) is 56.3 Å². The highest BCUT2D eigenvalue weighted by Gasteiger charge is 2.63. The molecule has 134 heavy (non-hydrogen) atoms. The number of H-pyrrole nitrogens is 4. The number of aromatic nitrogens is 8. The molecule has 12 saturated heterocycles. The maximum atomic E-state index is 12.6. The van der Waals surface area contributed by atoms with Crippen LogP contribution in [0.15, 0.2) is 197 Å². The van der Waals surface area contributed by atoms with E-state index in [0.29, 0.717) is 36.8 Å². The Labute approximate surface area is 781 Å². The normalized spacial score (nSPS) is 36.0. The molecule has 36 nitrogen and oxygen atoms in total. The topological polar surface area (TPSA) is 380 Å². The van der Waals surface area contributed by atoms with Crippen LogP contribution in [0.3, 0.4) is 0 Å². The van der Waals surface area contributed by atoms with Crippen LogP contribution in [-0.4, -0.2) is 209 Å². The molecule has 20 rings (SSSR count). The molecule has 0 radical (unpaired) electrons. The fourth-order valence-corrected chi connectivity index (χ4v) is 29.9. The third-order valence-electron chi connectivity index (χ3n) is 28.5. The van der Waals surface area contributed by atoms with Crippen molar-refractivity contribution in [3.05, 3.63) is 275 Å². The molecule has 40 heteroatoms. The largest absolute Gasteiger partial charge is 0.374 e. The van der Waals surface area contributed by atoms with Crippen molar-refractivity contribution in [1.82, 2.24) is 56.9 Å². The van der Waals surface area contributed by atoms with Crippen LogP contribution in [0.4, 0.5) is 0 Å². The van der Waals surface area contributed by atoms with Gasteiger partial charge in [0, 0.05) is 103 Å². The molecule has 0 spiro atoms. The summed E-state index contributed by atoms with van der Waals surface area (Å²) in [6.07, 6.45) is 9.42. The summed E-state index contributed by atoms with van der Waals surface area (Å²) in [6, 6.07) is 44.8. The fourth-order valence-electron chi connectivity index (χ4n) is 21.3. The number of rotatable bonds is 24. The van der Waals surface area contributed by atoms with E-state index in [9.17, 15) is 38.4 Å². The van der Waals surface area contributed by atoms with E-state index in [2.05, 4.69) is 115 Å². The Morgan fingerprint density at radius 3 is 0.784 bits per heavy atom. The molecule has 12 aliphatic rings. The molecule has 4 aromatic carbocycles. The highest BCUT2D eigenvalue weighted by atomic mass is 31.2. The van der Waals surface area contributed by atoms with Crippen molar-refractivity contribution in [1.29, 1.82) is 0 Å². The predicted molar refractivity (Wildman–Crippen MR) is 500 cm³/mol. The monoisotopic (exact) mass is 1930 g/mol. The molecule has 28 atom stereocenters. The minimum Gasteiger partial charge on any atom is -0.374 e. The summed E-state index contributed by atoms with van der Waals surface area (Å²) in [7, 11) is 0.960. The van der Waals surface area contributed by atoms with E-state index in [0.717, 1.165) is 99.8 Å². The Morgan fingerprint density at radius 1 is 0.328 bits per heavy atom. The van der Waals surface area contributed by atoms with Crippen LogP contribution in [0.25, 0.3) is 0 Å². The lowest BCUT2D eigenvalue weighted by atomic mass is 9.87. The number of benzene rings is 4. The van der Waals surface area contributed by atoms with E-state index in [-0.39, 0.29) is 48.6 Å². The minimum absolute atomic E-state index is 0.240. The summed E-state index contributed by atoms with van der Waals surface area (Å²) >= 11 is 0. The summed E-state index contributed by atoms with van der Waals surface area (Å²) in [4.78, 5) is 106. The molecule has 4 unspecified atom stereocenters. The zero-order valence-electron chi connectivity index (χ0n) is 78.0. The van der Waals surface area contributed by atoms with E-state index in [4.69, 9.17) is 74.1 Å². The van der Waals surface area contributed by atoms with Crippen molar-refractivity contribution in [2.24, 2.45) is 0 Å². The van der Waals surface area contributed by atoms with E-state index in [1.807, 2.05) is 100 Å². The van der Waals surface area contributed by atoms with Gasteiger partial charge in [-0.15, -0.1) is 0 Å². The number of nitrogens with one attached hydrogen (secondary N) is 4. The first kappa shape index (κ1) is 98.1. The molecule has 8 aromatic rings. The molecule has 0 bridgehead atoms. The standard InChI is InChI=1S/2C24H32N3O6P.2C23H30N3O6P/c2*1-5-17-19(20(30-4)22(31-17)26-14-15(2)21(28)25-23(26)29)32-34-27-13-9-12-18(27)24(3,33-34)16-10-7-6-8-11-16;2*1-4-16-19(20(29-3)21(30-16)25-14-12-18(27)24-22(25)28)31-33-26-13-8-11-17(26)23(2,32-33)15-9-6-5-7-10-15/h2*6-8,10-11,14,17-20,22H,5,9,12-13H2,1-4H3,(H,25,28,29);2*5-7,9-10,12,14,16-17,19-21H,4,8,11,13H2,1-3H3,(H,24,27,28)/t17-,18+,19+,20?,22-,24-,34+;17-,18-,19+,20?,22-,24+,34-;16-,17+,19+,20?,21-,23-,33+;16-,17-,19+,20?,21-,23+,33-/m1111/s1. The molecular formula is C94H124N12O24P4. The van der Waals surface area contributed by atoms with Crippen LogP contribution in [-0.2, 0) is 96.5 Å². The molecular weight excluding hydrogens is 1800 g/mol. The van der Waals surface area contributed by atoms with Crippen molar-refractivity contribution in [2.45, 2.75) is 291 Å². The summed E-state index contributed by atoms with van der Waals surface area (Å²) in [6.45, 7) is 23.7. The zero-order valence-corrected chi connectivity index (χ0v) is 81.6. The van der Waals surface area contributed by atoms with Gasteiger partial charge < -0.3 is 74.1 Å². The summed E-state index contributed by atoms with van der Waals surface area (Å²) in [5.74, 6) is 0. The van der Waals surface area contributed by atoms with Gasteiger partial charge in [0.15, 0.2) is 24.9 Å². The molecule has 12 fully saturated rings. The predicted octanol–water partition coefficient (Wildman–Crippen LogP) is 12.1. The van der Waals surface area contributed by atoms with Gasteiger partial charge in [0.1, 0.15) is 71.2 Å². The van der Waals surface area contributed by atoms with Crippen LogP contribution >= 0.6 is 34.1 Å². The Bertz CT molecular complexity index is 5520. The van der Waals surface area contributed by atoms with E-state index < -0.39 is 175 Å². The Morgan fingerprint density at radius 2 is 0.560 bits per heavy atom. The third kappa shape index (κ3) is 18.7. The molecule has 12 aliphatic heterocycles. The zero-order chi connectivity index (χ0) is 94.4. The van der Waals surface area contributed by atoms with Gasteiger partial charge in [-0.25, -0.2) is 37.9 Å². The molecule has 16 heterocycles. The third-order valence-corrected chi connectivity index (χ3v) is 35.9. The minimum atomic E-state index is -1.35. The van der Waals surface area contributed by atoms with Crippen LogP contribution in [0.1, 0.15) is 191 Å². The summed E-state index contributed by atoms with van der Waals surface area (Å²) in [5, 5.41) is 0. The Hall–Kier alpha value is -7.48. The first-order chi connectivity index (χ1) is 64.6. The number of ether oxygens (including phenoxy) is 8. The number of aryl methyl sites for hydroxylation is 2. The lowest BCUT2D eigenvalue weighted by Crippen LogP contribution is -2.40. The summed E-state index contributed by atoms with van der Waals surface area (Å²) < 4.78 is 117. The van der Waals surface area contributed by atoms with E-state index in [1.54, 1.807) is 42.3 Å². The number of methoxy groups -OCH3 is 4. The smallest absolute Gasteiger partial charge is 0.330 e. The maximum absolute atomic E-state index is 12.6. The second-order valence-electron chi connectivity index (χ2n) is 36.5. The average molecular weight is 1930 g/mol. The number of aromatic amines is 4. The fraction of sp³-hybridized carbons (Fsp3) is 0.574. The number of hydrogen-bond acceptors (Lipinski definition) is 28. The van der Waals surface area contributed by atoms with Gasteiger partial charge in [-0.1, -0.05) is 149 Å². The molecule has 724 valence electrons. The van der Waals surface area contributed by atoms with E-state index in [1.165, 1.54) is 55.2 Å². The van der Waals surface area contributed by atoms with Crippen LogP contribution < -0.4 is 45.0 Å². The quantitative estimate of drug-likeness (QED) is 0.0408. The summed E-state index contributed by atoms with van der Waals surface area (Å²) in [5.41, 5.74) is -0.248. The van der Waals surface area contributed by atoms with Crippen molar-refractivity contribution in [2.75, 3.05) is 54.6 Å². The van der Waals surface area contributed by atoms with Gasteiger partial charge in [-0.05, 0) is 141 Å². The molecule has 0 amide bonds. The molecule has 0 saturated carbocycles. The van der Waals surface area contributed by atoms with Crippen molar-refractivity contribution in [3.8, 4) is 0 Å². The second kappa shape index (κ2) is 41.5. The number of hydrogen-bond donors (Lipinski definition) is 4. The highest BCUT2D eigenvalue weighted by molar-refractivity contribution is 7.45. The molecule has 4 N–H and O–H groups in total. The first-order valence-electron chi connectivity index (χ1n) is 46.6. The van der Waals surface area contributed by atoms with Crippen LogP contribution in [0.5, 0.6) is 0 Å². The SMILES string of the molecule is CC[C@H]1O[C@@H](n2cc(C)c(=O)[nH]c2=O)C(OC)[C@H]1O[P@@]1O[C@](C)(c2ccccc2)[C@@H]2CCCN21.CC[C@H]1O[C@@H](n2cc(C)c(=O)[nH]c2=O)C(OC)[C@H]1O[P@]1O[C@@](C)(c2ccccc2)[C@H]2CCCN21.CC[C@H]1O[C@@H](n2ccc(=O)[nH]c2=O)C(OC)[C@H]1O[P@@]1O[C@](C)(c2ccccc2)[C@@H]2CCCN21.CC[C@H]1O[C@@H](n2ccc(=O)[nH]c2=O)C(OC)[C@H]1O[P@]1O[C@@](C)(c2ccccc2)[C@H]2CCCN21. The Kier molecular flexibility index (Phi) is 30.4. The van der Waals surface area contributed by atoms with Gasteiger partial charge in [-0.3, -0.25) is 57.4 Å². The number of nitrogens with zero attached hydrogens (tertiary/aromatic N) is 8. The Balaban J connectivity index is 0.000000124. The number of fused-ring (bicyclic) bond motifs is 4. The van der Waals surface area contributed by atoms with Gasteiger partial charge in [-0.2, -0.15) is 0 Å². The van der Waals surface area contributed by atoms with Crippen LogP contribution in [0, 0.1) is 13.8 Å². The van der Waals surface area contributed by atoms with Gasteiger partial charge in [0.2, 0.25) is 0 Å². The van der Waals surface area contributed by atoms with E-state index >= 15 is 0 Å². The maximum Gasteiger partial charge on any atom is 0.330 e.